The van der Waals surface area contributed by atoms with Crippen molar-refractivity contribution in [2.75, 3.05) is 13.1 Å². The number of amides is 2. The van der Waals surface area contributed by atoms with Gasteiger partial charge in [0.15, 0.2) is 0 Å². The number of hydrogen-bond donors (Lipinski definition) is 2. The molecule has 0 bridgehead atoms. The zero-order chi connectivity index (χ0) is 18.0. The summed E-state index contributed by atoms with van der Waals surface area (Å²) in [6.45, 7) is 10.5. The standard InChI is InChI=1S/C20H29N3O2/c1-13(2)23-11-9-16(10-12-23)22-20(24)21-15(4)19-14(3)17-7-5-6-8-18(17)25-19/h5-8,13,15-16H,9-12H2,1-4H3,(H2,21,22,24)/t15-/m1/s1. The summed E-state index contributed by atoms with van der Waals surface area (Å²) in [6.07, 6.45) is 2.01. The van der Waals surface area contributed by atoms with Gasteiger partial charge in [0.05, 0.1) is 6.04 Å². The largest absolute Gasteiger partial charge is 0.459 e. The molecule has 0 aliphatic carbocycles. The number of piperidine rings is 1. The average Bonchev–Trinajstić information content (AvgIpc) is 2.92. The van der Waals surface area contributed by atoms with Crippen LogP contribution >= 0.6 is 0 Å². The van der Waals surface area contributed by atoms with Gasteiger partial charge < -0.3 is 20.0 Å². The highest BCUT2D eigenvalue weighted by Gasteiger charge is 2.23. The number of nitrogens with one attached hydrogen (secondary N) is 2. The van der Waals surface area contributed by atoms with E-state index in [9.17, 15) is 4.79 Å². The number of nitrogens with zero attached hydrogens (tertiary/aromatic N) is 1. The summed E-state index contributed by atoms with van der Waals surface area (Å²) in [5.74, 6) is 0.825. The summed E-state index contributed by atoms with van der Waals surface area (Å²) in [6, 6.07) is 8.52. The van der Waals surface area contributed by atoms with E-state index in [0.717, 1.165) is 48.2 Å². The predicted octanol–water partition coefficient (Wildman–Crippen LogP) is 3.97. The number of benzene rings is 1. The molecule has 0 radical (unpaired) electrons. The average molecular weight is 343 g/mol. The molecule has 1 atom stereocenters. The van der Waals surface area contributed by atoms with Gasteiger partial charge in [-0.3, -0.25) is 0 Å². The molecule has 5 nitrogen and oxygen atoms in total. The van der Waals surface area contributed by atoms with Crippen molar-refractivity contribution < 1.29 is 9.21 Å². The van der Waals surface area contributed by atoms with Crippen LogP contribution in [0.2, 0.25) is 0 Å². The number of carbonyl (C=O) groups is 1. The molecular weight excluding hydrogens is 314 g/mol. The van der Waals surface area contributed by atoms with Crippen LogP contribution in [0.1, 0.15) is 51.0 Å². The lowest BCUT2D eigenvalue weighted by Gasteiger charge is -2.35. The van der Waals surface area contributed by atoms with Crippen LogP contribution in [0.3, 0.4) is 0 Å². The zero-order valence-corrected chi connectivity index (χ0v) is 15.6. The van der Waals surface area contributed by atoms with Crippen LogP contribution in [0.25, 0.3) is 11.0 Å². The fourth-order valence-corrected chi connectivity index (χ4v) is 3.66. The maximum absolute atomic E-state index is 12.4. The molecule has 0 unspecified atom stereocenters. The van der Waals surface area contributed by atoms with E-state index in [0.29, 0.717) is 6.04 Å². The number of urea groups is 1. The van der Waals surface area contributed by atoms with Crippen molar-refractivity contribution in [2.45, 2.75) is 58.7 Å². The summed E-state index contributed by atoms with van der Waals surface area (Å²) in [5, 5.41) is 7.24. The van der Waals surface area contributed by atoms with E-state index in [4.69, 9.17) is 4.42 Å². The molecule has 136 valence electrons. The number of fused-ring (bicyclic) bond motifs is 1. The second-order valence-corrected chi connectivity index (χ2v) is 7.33. The molecule has 1 aliphatic heterocycles. The Bertz CT molecular complexity index is 730. The van der Waals surface area contributed by atoms with Crippen molar-refractivity contribution in [3.63, 3.8) is 0 Å². The Labute approximate surface area is 149 Å². The first-order valence-corrected chi connectivity index (χ1v) is 9.24. The lowest BCUT2D eigenvalue weighted by Crippen LogP contribution is -2.49. The van der Waals surface area contributed by atoms with Crippen LogP contribution in [0.4, 0.5) is 4.79 Å². The lowest BCUT2D eigenvalue weighted by atomic mass is 10.0. The minimum Gasteiger partial charge on any atom is -0.459 e. The number of likely N-dealkylation sites (tertiary alicyclic amines) is 1. The maximum atomic E-state index is 12.4. The molecule has 0 saturated carbocycles. The van der Waals surface area contributed by atoms with Crippen molar-refractivity contribution in [3.8, 4) is 0 Å². The van der Waals surface area contributed by atoms with Gasteiger partial charge in [0.1, 0.15) is 11.3 Å². The number of para-hydroxylation sites is 1. The van der Waals surface area contributed by atoms with Crippen LogP contribution in [0, 0.1) is 6.92 Å². The number of furan rings is 1. The van der Waals surface area contributed by atoms with Gasteiger partial charge in [-0.2, -0.15) is 0 Å². The van der Waals surface area contributed by atoms with E-state index in [1.54, 1.807) is 0 Å². The van der Waals surface area contributed by atoms with Crippen LogP contribution < -0.4 is 10.6 Å². The molecule has 2 heterocycles. The summed E-state index contributed by atoms with van der Waals surface area (Å²) in [7, 11) is 0. The Hall–Kier alpha value is -2.01. The van der Waals surface area contributed by atoms with Gasteiger partial charge in [0.25, 0.3) is 0 Å². The molecule has 5 heteroatoms. The summed E-state index contributed by atoms with van der Waals surface area (Å²) < 4.78 is 5.94. The van der Waals surface area contributed by atoms with E-state index < -0.39 is 0 Å². The van der Waals surface area contributed by atoms with E-state index >= 15 is 0 Å². The Morgan fingerprint density at radius 2 is 1.88 bits per heavy atom. The second-order valence-electron chi connectivity index (χ2n) is 7.33. The van der Waals surface area contributed by atoms with Crippen LogP contribution in [-0.2, 0) is 0 Å². The minimum absolute atomic E-state index is 0.115. The topological polar surface area (TPSA) is 57.5 Å². The number of carbonyl (C=O) groups excluding carboxylic acids is 1. The van der Waals surface area contributed by atoms with Crippen molar-refractivity contribution in [1.29, 1.82) is 0 Å². The molecule has 2 aromatic rings. The Balaban J connectivity index is 1.56. The highest BCUT2D eigenvalue weighted by molar-refractivity contribution is 5.82. The summed E-state index contributed by atoms with van der Waals surface area (Å²) in [4.78, 5) is 14.8. The van der Waals surface area contributed by atoms with Crippen molar-refractivity contribution in [1.82, 2.24) is 15.5 Å². The molecule has 1 aliphatic rings. The third-order valence-electron chi connectivity index (χ3n) is 5.22. The third kappa shape index (κ3) is 3.98. The minimum atomic E-state index is -0.164. The van der Waals surface area contributed by atoms with Gasteiger partial charge >= 0.3 is 6.03 Å². The van der Waals surface area contributed by atoms with E-state index in [1.165, 1.54) is 0 Å². The summed E-state index contributed by atoms with van der Waals surface area (Å²) in [5.41, 5.74) is 1.96. The predicted molar refractivity (Wildman–Crippen MR) is 101 cm³/mol. The van der Waals surface area contributed by atoms with Gasteiger partial charge in [-0.25, -0.2) is 4.79 Å². The van der Waals surface area contributed by atoms with Gasteiger partial charge in [0.2, 0.25) is 0 Å². The Morgan fingerprint density at radius 3 is 2.52 bits per heavy atom. The molecular formula is C20H29N3O2. The van der Waals surface area contributed by atoms with E-state index in [2.05, 4.69) is 29.4 Å². The number of hydrogen-bond acceptors (Lipinski definition) is 3. The van der Waals surface area contributed by atoms with Crippen molar-refractivity contribution in [3.05, 3.63) is 35.6 Å². The molecule has 25 heavy (non-hydrogen) atoms. The normalized spacial score (nSPS) is 17.8. The summed E-state index contributed by atoms with van der Waals surface area (Å²) >= 11 is 0. The molecule has 3 rings (SSSR count). The monoisotopic (exact) mass is 343 g/mol. The van der Waals surface area contributed by atoms with Crippen LogP contribution in [0.15, 0.2) is 28.7 Å². The molecule has 1 aromatic heterocycles. The lowest BCUT2D eigenvalue weighted by molar-refractivity contribution is 0.160. The smallest absolute Gasteiger partial charge is 0.315 e. The highest BCUT2D eigenvalue weighted by atomic mass is 16.3. The first-order valence-electron chi connectivity index (χ1n) is 9.24. The van der Waals surface area contributed by atoms with Gasteiger partial charge in [-0.1, -0.05) is 18.2 Å². The number of aryl methyl sites for hydroxylation is 1. The fraction of sp³-hybridized carbons (Fsp3) is 0.550. The van der Waals surface area contributed by atoms with E-state index in [1.807, 2.05) is 38.1 Å². The van der Waals surface area contributed by atoms with E-state index in [-0.39, 0.29) is 18.1 Å². The van der Waals surface area contributed by atoms with Crippen LogP contribution in [-0.4, -0.2) is 36.1 Å². The molecule has 2 N–H and O–H groups in total. The maximum Gasteiger partial charge on any atom is 0.315 e. The SMILES string of the molecule is Cc1c([C@@H](C)NC(=O)NC2CCN(C(C)C)CC2)oc2ccccc12. The molecule has 0 spiro atoms. The zero-order valence-electron chi connectivity index (χ0n) is 15.6. The molecule has 1 saturated heterocycles. The molecule has 1 aromatic carbocycles. The van der Waals surface area contributed by atoms with Crippen molar-refractivity contribution in [2.24, 2.45) is 0 Å². The van der Waals surface area contributed by atoms with Crippen LogP contribution in [0.5, 0.6) is 0 Å². The second kappa shape index (κ2) is 7.48. The Morgan fingerprint density at radius 1 is 1.20 bits per heavy atom. The fourth-order valence-electron chi connectivity index (χ4n) is 3.66. The van der Waals surface area contributed by atoms with Gasteiger partial charge in [0, 0.05) is 36.1 Å². The molecule has 2 amide bonds. The third-order valence-corrected chi connectivity index (χ3v) is 5.22. The first kappa shape index (κ1) is 17.8. The quantitative estimate of drug-likeness (QED) is 0.883. The Kier molecular flexibility index (Phi) is 5.33. The van der Waals surface area contributed by atoms with Gasteiger partial charge in [-0.15, -0.1) is 0 Å². The number of rotatable bonds is 4. The first-order chi connectivity index (χ1) is 12.0. The van der Waals surface area contributed by atoms with Crippen molar-refractivity contribution >= 4 is 17.0 Å². The van der Waals surface area contributed by atoms with Gasteiger partial charge in [-0.05, 0) is 46.6 Å². The molecule has 1 fully saturated rings. The highest BCUT2D eigenvalue weighted by Crippen LogP contribution is 2.29.